The number of anilines is 1. The summed E-state index contributed by atoms with van der Waals surface area (Å²) in [5.74, 6) is -0.253. The Morgan fingerprint density at radius 2 is 2.00 bits per heavy atom. The van der Waals surface area contributed by atoms with Gasteiger partial charge in [0.05, 0.1) is 13.2 Å². The average Bonchev–Trinajstić information content (AvgIpc) is 2.41. The van der Waals surface area contributed by atoms with Gasteiger partial charge in [0.2, 0.25) is 0 Å². The molecule has 1 rings (SSSR count). The summed E-state index contributed by atoms with van der Waals surface area (Å²) in [5, 5.41) is 5.80. The van der Waals surface area contributed by atoms with Crippen LogP contribution in [0.4, 0.5) is 14.9 Å². The summed E-state index contributed by atoms with van der Waals surface area (Å²) in [7, 11) is 0. The number of rotatable bonds is 7. The molecule has 0 spiro atoms. The summed E-state index contributed by atoms with van der Waals surface area (Å²) in [5.41, 5.74) is 1.69. The number of amides is 1. The number of nitrogens with one attached hydrogen (secondary N) is 2. The third-order valence-electron chi connectivity index (χ3n) is 2.92. The number of hydrogen-bond donors (Lipinski definition) is 2. The van der Waals surface area contributed by atoms with Crippen LogP contribution in [0.1, 0.15) is 38.8 Å². The van der Waals surface area contributed by atoms with E-state index in [0.717, 1.165) is 17.8 Å². The maximum Gasteiger partial charge on any atom is 0.407 e. The molecule has 0 heterocycles. The van der Waals surface area contributed by atoms with Gasteiger partial charge in [-0.3, -0.25) is 0 Å². The van der Waals surface area contributed by atoms with Gasteiger partial charge in [0.1, 0.15) is 11.4 Å². The Balaban J connectivity index is 2.41. The van der Waals surface area contributed by atoms with Crippen LogP contribution in [-0.4, -0.2) is 31.4 Å². The van der Waals surface area contributed by atoms with E-state index in [1.54, 1.807) is 33.8 Å². The summed E-state index contributed by atoms with van der Waals surface area (Å²) < 4.78 is 24.3. The summed E-state index contributed by atoms with van der Waals surface area (Å²) >= 11 is 0. The minimum absolute atomic E-state index is 0.253. The molecule has 1 aromatic rings. The van der Waals surface area contributed by atoms with Crippen molar-refractivity contribution in [2.24, 2.45) is 0 Å². The Bertz CT molecular complexity index is 527. The molecule has 2 N–H and O–H groups in total. The molecule has 130 valence electrons. The Kier molecular flexibility index (Phi) is 7.29. The number of hydrogen-bond acceptors (Lipinski definition) is 4. The predicted molar refractivity (Wildman–Crippen MR) is 89.2 cm³/mol. The summed E-state index contributed by atoms with van der Waals surface area (Å²) in [6.07, 6.45) is -0.476. The first-order valence-electron chi connectivity index (χ1n) is 7.80. The van der Waals surface area contributed by atoms with Crippen LogP contribution in [0.3, 0.4) is 0 Å². The van der Waals surface area contributed by atoms with Gasteiger partial charge in [0, 0.05) is 24.3 Å². The van der Waals surface area contributed by atoms with Gasteiger partial charge in [-0.1, -0.05) is 0 Å². The van der Waals surface area contributed by atoms with Gasteiger partial charge in [0.15, 0.2) is 0 Å². The van der Waals surface area contributed by atoms with Gasteiger partial charge in [0.25, 0.3) is 0 Å². The van der Waals surface area contributed by atoms with Crippen molar-refractivity contribution in [3.8, 4) is 0 Å². The second-order valence-electron chi connectivity index (χ2n) is 6.27. The Hall–Kier alpha value is -1.82. The quantitative estimate of drug-likeness (QED) is 0.752. The smallest absolute Gasteiger partial charge is 0.407 e. The number of aryl methyl sites for hydroxylation is 1. The highest BCUT2D eigenvalue weighted by Gasteiger charge is 2.15. The van der Waals surface area contributed by atoms with E-state index in [0.29, 0.717) is 18.7 Å². The van der Waals surface area contributed by atoms with E-state index in [9.17, 15) is 9.18 Å². The first-order valence-corrected chi connectivity index (χ1v) is 7.80. The average molecular weight is 326 g/mol. The second-order valence-corrected chi connectivity index (χ2v) is 6.27. The van der Waals surface area contributed by atoms with Crippen molar-refractivity contribution in [2.75, 3.05) is 25.0 Å². The number of carbonyl (C=O) groups excluding carboxylic acids is 1. The van der Waals surface area contributed by atoms with Crippen molar-refractivity contribution >= 4 is 11.8 Å². The zero-order valence-electron chi connectivity index (χ0n) is 14.6. The number of carbonyl (C=O) groups is 1. The lowest BCUT2D eigenvalue weighted by molar-refractivity contribution is 0.0494. The molecule has 23 heavy (non-hydrogen) atoms. The highest BCUT2D eigenvalue weighted by molar-refractivity contribution is 5.67. The summed E-state index contributed by atoms with van der Waals surface area (Å²) in [6, 6.07) is 3.26. The molecular formula is C17H27FN2O3. The van der Waals surface area contributed by atoms with Crippen LogP contribution in [-0.2, 0) is 16.1 Å². The van der Waals surface area contributed by atoms with E-state index in [1.807, 2.05) is 6.92 Å². The van der Waals surface area contributed by atoms with Crippen LogP contribution >= 0.6 is 0 Å². The molecule has 0 fully saturated rings. The van der Waals surface area contributed by atoms with Crippen molar-refractivity contribution in [3.63, 3.8) is 0 Å². The Morgan fingerprint density at radius 1 is 1.30 bits per heavy atom. The zero-order chi connectivity index (χ0) is 17.5. The first-order chi connectivity index (χ1) is 10.7. The largest absolute Gasteiger partial charge is 0.444 e. The van der Waals surface area contributed by atoms with E-state index in [2.05, 4.69) is 10.6 Å². The fourth-order valence-electron chi connectivity index (χ4n) is 1.92. The van der Waals surface area contributed by atoms with Crippen molar-refractivity contribution < 1.29 is 18.7 Å². The normalized spacial score (nSPS) is 11.2. The van der Waals surface area contributed by atoms with Gasteiger partial charge in [-0.25, -0.2) is 9.18 Å². The van der Waals surface area contributed by atoms with E-state index < -0.39 is 11.7 Å². The van der Waals surface area contributed by atoms with Gasteiger partial charge < -0.3 is 20.1 Å². The van der Waals surface area contributed by atoms with Crippen molar-refractivity contribution in [1.29, 1.82) is 0 Å². The topological polar surface area (TPSA) is 59.6 Å². The fraction of sp³-hybridized carbons (Fsp3) is 0.588. The minimum Gasteiger partial charge on any atom is -0.444 e. The lowest BCUT2D eigenvalue weighted by atomic mass is 10.1. The molecule has 0 aromatic heterocycles. The molecule has 0 saturated carbocycles. The monoisotopic (exact) mass is 326 g/mol. The van der Waals surface area contributed by atoms with E-state index in [4.69, 9.17) is 9.47 Å². The van der Waals surface area contributed by atoms with E-state index in [-0.39, 0.29) is 12.4 Å². The Morgan fingerprint density at radius 3 is 2.61 bits per heavy atom. The molecular weight excluding hydrogens is 299 g/mol. The highest BCUT2D eigenvalue weighted by Crippen LogP contribution is 2.21. The van der Waals surface area contributed by atoms with Crippen LogP contribution < -0.4 is 10.6 Å². The van der Waals surface area contributed by atoms with Crippen molar-refractivity contribution in [1.82, 2.24) is 5.32 Å². The number of alkyl carbamates (subject to hydrolysis) is 1. The minimum atomic E-state index is -0.523. The number of ether oxygens (including phenoxy) is 2. The molecule has 1 aromatic carbocycles. The lowest BCUT2D eigenvalue weighted by Gasteiger charge is -2.19. The van der Waals surface area contributed by atoms with Crippen LogP contribution in [0, 0.1) is 12.7 Å². The SMILES string of the molecule is CCNc1cc(C)c(F)cc1COCCNC(=O)OC(C)(C)C. The number of halogens is 1. The van der Waals surface area contributed by atoms with Crippen LogP contribution in [0.2, 0.25) is 0 Å². The van der Waals surface area contributed by atoms with Gasteiger partial charge in [-0.2, -0.15) is 0 Å². The molecule has 0 unspecified atom stereocenters. The molecule has 0 atom stereocenters. The first kappa shape index (κ1) is 19.2. The molecule has 6 heteroatoms. The standard InChI is InChI=1S/C17H27FN2O3/c1-6-19-15-9-12(2)14(18)10-13(15)11-22-8-7-20-16(21)23-17(3,4)5/h9-10,19H,6-8,11H2,1-5H3,(H,20,21). The predicted octanol–water partition coefficient (Wildman–Crippen LogP) is 3.61. The molecule has 1 amide bonds. The van der Waals surface area contributed by atoms with Crippen LogP contribution in [0.5, 0.6) is 0 Å². The van der Waals surface area contributed by atoms with Gasteiger partial charge >= 0.3 is 6.09 Å². The summed E-state index contributed by atoms with van der Waals surface area (Å²) in [4.78, 5) is 11.5. The lowest BCUT2D eigenvalue weighted by Crippen LogP contribution is -2.34. The van der Waals surface area contributed by atoms with Crippen LogP contribution in [0.25, 0.3) is 0 Å². The highest BCUT2D eigenvalue weighted by atomic mass is 19.1. The van der Waals surface area contributed by atoms with E-state index in [1.165, 1.54) is 6.07 Å². The van der Waals surface area contributed by atoms with Crippen molar-refractivity contribution in [2.45, 2.75) is 46.8 Å². The maximum atomic E-state index is 13.7. The fourth-order valence-corrected chi connectivity index (χ4v) is 1.92. The third-order valence-corrected chi connectivity index (χ3v) is 2.92. The molecule has 0 saturated heterocycles. The summed E-state index contributed by atoms with van der Waals surface area (Å²) in [6.45, 7) is 10.8. The molecule has 0 aliphatic rings. The van der Waals surface area contributed by atoms with Crippen LogP contribution in [0.15, 0.2) is 12.1 Å². The number of benzene rings is 1. The zero-order valence-corrected chi connectivity index (χ0v) is 14.6. The molecule has 0 radical (unpaired) electrons. The van der Waals surface area contributed by atoms with Gasteiger partial charge in [-0.05, 0) is 52.3 Å². The van der Waals surface area contributed by atoms with E-state index >= 15 is 0 Å². The van der Waals surface area contributed by atoms with Crippen molar-refractivity contribution in [3.05, 3.63) is 29.1 Å². The molecule has 0 aliphatic carbocycles. The molecule has 5 nitrogen and oxygen atoms in total. The third kappa shape index (κ3) is 7.32. The Labute approximate surface area is 137 Å². The van der Waals surface area contributed by atoms with Gasteiger partial charge in [-0.15, -0.1) is 0 Å². The second kappa shape index (κ2) is 8.72. The molecule has 0 aliphatic heterocycles. The molecule has 0 bridgehead atoms. The maximum absolute atomic E-state index is 13.7.